The first-order valence-electron chi connectivity index (χ1n) is 8.72. The van der Waals surface area contributed by atoms with Gasteiger partial charge >= 0.3 is 11.8 Å². The third-order valence-electron chi connectivity index (χ3n) is 4.11. The Morgan fingerprint density at radius 2 is 1.69 bits per heavy atom. The summed E-state index contributed by atoms with van der Waals surface area (Å²) >= 11 is 0. The van der Waals surface area contributed by atoms with E-state index in [-0.39, 0.29) is 5.89 Å². The summed E-state index contributed by atoms with van der Waals surface area (Å²) in [5.41, 5.74) is 2.86. The van der Waals surface area contributed by atoms with Gasteiger partial charge in [0.05, 0.1) is 6.42 Å². The van der Waals surface area contributed by atoms with Gasteiger partial charge in [0.25, 0.3) is 0 Å². The number of nitrogens with zero attached hydrogens (tertiary/aromatic N) is 3. The van der Waals surface area contributed by atoms with Gasteiger partial charge in [-0.3, -0.25) is 4.79 Å². The number of hydrogen-bond donors (Lipinski definition) is 1. The van der Waals surface area contributed by atoms with Crippen LogP contribution in [0.25, 0.3) is 0 Å². The molecule has 0 aliphatic rings. The van der Waals surface area contributed by atoms with Crippen molar-refractivity contribution in [2.24, 2.45) is 0 Å². The van der Waals surface area contributed by atoms with E-state index in [9.17, 15) is 4.79 Å². The van der Waals surface area contributed by atoms with Crippen molar-refractivity contribution in [2.45, 2.75) is 20.3 Å². The molecule has 0 saturated carbocycles. The number of hydrogen-bond acceptors (Lipinski definition) is 5. The van der Waals surface area contributed by atoms with Gasteiger partial charge in [-0.05, 0) is 43.7 Å². The van der Waals surface area contributed by atoms with Gasteiger partial charge in [-0.2, -0.15) is 0 Å². The molecule has 26 heavy (non-hydrogen) atoms. The van der Waals surface area contributed by atoms with Crippen LogP contribution in [0.1, 0.15) is 36.0 Å². The van der Waals surface area contributed by atoms with Gasteiger partial charge in [-0.1, -0.05) is 30.3 Å². The zero-order valence-electron chi connectivity index (χ0n) is 15.0. The van der Waals surface area contributed by atoms with E-state index in [2.05, 4.69) is 34.3 Å². The molecule has 6 nitrogen and oxygen atoms in total. The van der Waals surface area contributed by atoms with E-state index in [1.807, 2.05) is 54.6 Å². The molecule has 1 N–H and O–H groups in total. The number of anilines is 2. The van der Waals surface area contributed by atoms with Crippen molar-refractivity contribution in [1.82, 2.24) is 10.2 Å². The van der Waals surface area contributed by atoms with E-state index in [0.29, 0.717) is 18.0 Å². The first kappa shape index (κ1) is 17.7. The van der Waals surface area contributed by atoms with E-state index in [4.69, 9.17) is 4.42 Å². The van der Waals surface area contributed by atoms with Gasteiger partial charge < -0.3 is 14.6 Å². The Balaban J connectivity index is 1.63. The highest BCUT2D eigenvalue weighted by Crippen LogP contribution is 2.18. The van der Waals surface area contributed by atoms with Crippen LogP contribution in [0.5, 0.6) is 0 Å². The first-order chi connectivity index (χ1) is 12.7. The summed E-state index contributed by atoms with van der Waals surface area (Å²) in [5, 5.41) is 10.6. The van der Waals surface area contributed by atoms with Crippen molar-refractivity contribution in [2.75, 3.05) is 23.3 Å². The molecule has 1 amide bonds. The summed E-state index contributed by atoms with van der Waals surface area (Å²) in [5.74, 6) is -0.0330. The maximum absolute atomic E-state index is 12.3. The van der Waals surface area contributed by atoms with Gasteiger partial charge in [0.1, 0.15) is 0 Å². The number of benzene rings is 2. The van der Waals surface area contributed by atoms with Crippen LogP contribution in [-0.2, 0) is 6.42 Å². The third kappa shape index (κ3) is 4.27. The number of carbonyl (C=O) groups excluding carboxylic acids is 1. The molecule has 0 bridgehead atoms. The zero-order valence-corrected chi connectivity index (χ0v) is 15.0. The second kappa shape index (κ2) is 8.29. The van der Waals surface area contributed by atoms with Crippen LogP contribution in [0.15, 0.2) is 59.0 Å². The predicted molar refractivity (Wildman–Crippen MR) is 102 cm³/mol. The van der Waals surface area contributed by atoms with E-state index in [1.165, 1.54) is 0 Å². The standard InChI is InChI=1S/C20H22N4O2/c1-3-24(4-2)17-12-10-16(11-13-17)21-19(25)20-23-22-18(26-20)14-15-8-6-5-7-9-15/h5-13H,3-4,14H2,1-2H3,(H,21,25). The van der Waals surface area contributed by atoms with Crippen molar-refractivity contribution in [3.8, 4) is 0 Å². The zero-order chi connectivity index (χ0) is 18.4. The van der Waals surface area contributed by atoms with Crippen molar-refractivity contribution < 1.29 is 9.21 Å². The van der Waals surface area contributed by atoms with Crippen molar-refractivity contribution in [3.05, 3.63) is 71.9 Å². The van der Waals surface area contributed by atoms with Crippen LogP contribution in [0.2, 0.25) is 0 Å². The topological polar surface area (TPSA) is 71.3 Å². The largest absolute Gasteiger partial charge is 0.417 e. The Labute approximate surface area is 152 Å². The number of carbonyl (C=O) groups is 1. The SMILES string of the molecule is CCN(CC)c1ccc(NC(=O)c2nnc(Cc3ccccc3)o2)cc1. The fourth-order valence-corrected chi connectivity index (χ4v) is 2.72. The summed E-state index contributed by atoms with van der Waals surface area (Å²) in [4.78, 5) is 14.5. The molecule has 0 fully saturated rings. The first-order valence-corrected chi connectivity index (χ1v) is 8.72. The fraction of sp³-hybridized carbons (Fsp3) is 0.250. The fourth-order valence-electron chi connectivity index (χ4n) is 2.72. The lowest BCUT2D eigenvalue weighted by Gasteiger charge is -2.21. The van der Waals surface area contributed by atoms with E-state index in [0.717, 1.165) is 24.3 Å². The molecule has 1 aromatic heterocycles. The maximum Gasteiger partial charge on any atom is 0.313 e. The van der Waals surface area contributed by atoms with E-state index < -0.39 is 5.91 Å². The highest BCUT2D eigenvalue weighted by Gasteiger charge is 2.15. The molecule has 134 valence electrons. The smallest absolute Gasteiger partial charge is 0.313 e. The van der Waals surface area contributed by atoms with Crippen LogP contribution in [0, 0.1) is 0 Å². The van der Waals surface area contributed by atoms with E-state index in [1.54, 1.807) is 0 Å². The van der Waals surface area contributed by atoms with Gasteiger partial charge in [0.15, 0.2) is 0 Å². The molecule has 0 unspecified atom stereocenters. The lowest BCUT2D eigenvalue weighted by molar-refractivity contribution is 0.0988. The number of nitrogens with one attached hydrogen (secondary N) is 1. The number of aromatic nitrogens is 2. The average Bonchev–Trinajstić information content (AvgIpc) is 3.13. The van der Waals surface area contributed by atoms with Crippen LogP contribution in [-0.4, -0.2) is 29.2 Å². The number of rotatable bonds is 7. The van der Waals surface area contributed by atoms with Crippen LogP contribution in [0.3, 0.4) is 0 Å². The summed E-state index contributed by atoms with van der Waals surface area (Å²) in [6.45, 7) is 6.10. The predicted octanol–water partition coefficient (Wildman–Crippen LogP) is 3.76. The Morgan fingerprint density at radius 1 is 1.00 bits per heavy atom. The summed E-state index contributed by atoms with van der Waals surface area (Å²) < 4.78 is 5.48. The van der Waals surface area contributed by atoms with E-state index >= 15 is 0 Å². The molecular formula is C20H22N4O2. The summed E-state index contributed by atoms with van der Waals surface area (Å²) in [6.07, 6.45) is 0.500. The normalized spacial score (nSPS) is 10.5. The molecule has 0 aliphatic carbocycles. The Bertz CT molecular complexity index is 840. The summed E-state index contributed by atoms with van der Waals surface area (Å²) in [6, 6.07) is 17.5. The molecule has 3 rings (SSSR count). The molecule has 0 aliphatic heterocycles. The lowest BCUT2D eigenvalue weighted by atomic mass is 10.2. The van der Waals surface area contributed by atoms with Crippen molar-refractivity contribution in [1.29, 1.82) is 0 Å². The average molecular weight is 350 g/mol. The van der Waals surface area contributed by atoms with Crippen LogP contribution < -0.4 is 10.2 Å². The number of amides is 1. The maximum atomic E-state index is 12.3. The quantitative estimate of drug-likeness (QED) is 0.702. The van der Waals surface area contributed by atoms with Crippen molar-refractivity contribution in [3.63, 3.8) is 0 Å². The lowest BCUT2D eigenvalue weighted by Crippen LogP contribution is -2.21. The highest BCUT2D eigenvalue weighted by molar-refractivity contribution is 6.00. The molecule has 3 aromatic rings. The van der Waals surface area contributed by atoms with Gasteiger partial charge in [0.2, 0.25) is 5.89 Å². The molecule has 0 radical (unpaired) electrons. The molecule has 6 heteroatoms. The minimum absolute atomic E-state index is 0.0382. The molecule has 1 heterocycles. The molecular weight excluding hydrogens is 328 g/mol. The minimum Gasteiger partial charge on any atom is -0.417 e. The second-order valence-electron chi connectivity index (χ2n) is 5.84. The molecule has 0 saturated heterocycles. The summed E-state index contributed by atoms with van der Waals surface area (Å²) in [7, 11) is 0. The van der Waals surface area contributed by atoms with Crippen molar-refractivity contribution >= 4 is 17.3 Å². The van der Waals surface area contributed by atoms with Crippen LogP contribution >= 0.6 is 0 Å². The Morgan fingerprint density at radius 3 is 2.35 bits per heavy atom. The second-order valence-corrected chi connectivity index (χ2v) is 5.84. The third-order valence-corrected chi connectivity index (χ3v) is 4.11. The molecule has 0 atom stereocenters. The van der Waals surface area contributed by atoms with Gasteiger partial charge in [0, 0.05) is 24.5 Å². The van der Waals surface area contributed by atoms with Gasteiger partial charge in [-0.15, -0.1) is 10.2 Å². The Hall–Kier alpha value is -3.15. The molecule has 2 aromatic carbocycles. The monoisotopic (exact) mass is 350 g/mol. The minimum atomic E-state index is -0.410. The van der Waals surface area contributed by atoms with Gasteiger partial charge in [-0.25, -0.2) is 0 Å². The Kier molecular flexibility index (Phi) is 5.63. The van der Waals surface area contributed by atoms with Crippen LogP contribution in [0.4, 0.5) is 11.4 Å². The highest BCUT2D eigenvalue weighted by atomic mass is 16.4. The molecule has 0 spiro atoms.